The molecule has 128 valence electrons. The zero-order valence-corrected chi connectivity index (χ0v) is 15.1. The highest BCUT2D eigenvalue weighted by atomic mass is 32.2. The fourth-order valence-electron chi connectivity index (χ4n) is 3.18. The third-order valence-corrected chi connectivity index (χ3v) is 5.74. The second kappa shape index (κ2) is 7.01. The molecule has 5 nitrogen and oxygen atoms in total. The van der Waals surface area contributed by atoms with Crippen molar-refractivity contribution >= 4 is 15.9 Å². The predicted molar refractivity (Wildman–Crippen MR) is 91.6 cm³/mol. The van der Waals surface area contributed by atoms with Crippen LogP contribution in [0.4, 0.5) is 0 Å². The fourth-order valence-corrected chi connectivity index (χ4v) is 4.09. The van der Waals surface area contributed by atoms with Crippen molar-refractivity contribution in [1.29, 1.82) is 0 Å². The van der Waals surface area contributed by atoms with Gasteiger partial charge in [-0.15, -0.1) is 0 Å². The Morgan fingerprint density at radius 3 is 2.65 bits per heavy atom. The van der Waals surface area contributed by atoms with E-state index in [9.17, 15) is 13.2 Å². The van der Waals surface area contributed by atoms with E-state index in [1.54, 1.807) is 0 Å². The Hall–Kier alpha value is -1.40. The highest BCUT2D eigenvalue weighted by molar-refractivity contribution is 7.88. The first kappa shape index (κ1) is 17.9. The summed E-state index contributed by atoms with van der Waals surface area (Å²) < 4.78 is 24.7. The number of piperidine rings is 1. The molecule has 0 radical (unpaired) electrons. The van der Waals surface area contributed by atoms with E-state index in [1.807, 2.05) is 32.9 Å². The molecular formula is C17H26N2O3S. The molecule has 0 aromatic heterocycles. The molecule has 1 aliphatic rings. The first-order valence-corrected chi connectivity index (χ1v) is 9.86. The topological polar surface area (TPSA) is 66.5 Å². The number of hydrogen-bond acceptors (Lipinski definition) is 3. The summed E-state index contributed by atoms with van der Waals surface area (Å²) in [7, 11) is -3.23. The molecular weight excluding hydrogens is 312 g/mol. The normalized spacial score (nSPS) is 21.0. The molecule has 2 rings (SSSR count). The number of rotatable bonds is 4. The van der Waals surface area contributed by atoms with Gasteiger partial charge in [-0.2, -0.15) is 0 Å². The fraction of sp³-hybridized carbons (Fsp3) is 0.588. The summed E-state index contributed by atoms with van der Waals surface area (Å²) in [6.07, 6.45) is 2.66. The molecule has 1 aromatic carbocycles. The van der Waals surface area contributed by atoms with E-state index in [-0.39, 0.29) is 24.4 Å². The van der Waals surface area contributed by atoms with Gasteiger partial charge in [0, 0.05) is 13.1 Å². The lowest BCUT2D eigenvalue weighted by Crippen LogP contribution is -2.45. The monoisotopic (exact) mass is 338 g/mol. The van der Waals surface area contributed by atoms with Crippen molar-refractivity contribution in [3.05, 3.63) is 34.9 Å². The largest absolute Gasteiger partial charge is 0.349 e. The van der Waals surface area contributed by atoms with Crippen LogP contribution in [0.3, 0.4) is 0 Å². The highest BCUT2D eigenvalue weighted by Gasteiger charge is 2.30. The summed E-state index contributed by atoms with van der Waals surface area (Å²) in [5.41, 5.74) is 3.44. The first-order valence-electron chi connectivity index (χ1n) is 8.01. The lowest BCUT2D eigenvalue weighted by Gasteiger charge is -2.31. The van der Waals surface area contributed by atoms with Crippen molar-refractivity contribution in [2.75, 3.05) is 19.3 Å². The average molecular weight is 338 g/mol. The van der Waals surface area contributed by atoms with Crippen LogP contribution in [0, 0.1) is 19.8 Å². The number of carbonyl (C=O) groups excluding carboxylic acids is 1. The summed E-state index contributed by atoms with van der Waals surface area (Å²) in [5, 5.41) is 3.04. The smallest absolute Gasteiger partial charge is 0.224 e. The van der Waals surface area contributed by atoms with Crippen molar-refractivity contribution in [1.82, 2.24) is 9.62 Å². The van der Waals surface area contributed by atoms with Crippen LogP contribution in [0.2, 0.25) is 0 Å². The number of hydrogen-bond donors (Lipinski definition) is 1. The quantitative estimate of drug-likeness (QED) is 0.915. The average Bonchev–Trinajstić information content (AvgIpc) is 2.46. The molecule has 0 aliphatic carbocycles. The molecule has 0 bridgehead atoms. The number of carbonyl (C=O) groups is 1. The second-order valence-corrected chi connectivity index (χ2v) is 8.53. The zero-order chi connectivity index (χ0) is 17.2. The van der Waals surface area contributed by atoms with Crippen LogP contribution in [0.5, 0.6) is 0 Å². The molecule has 23 heavy (non-hydrogen) atoms. The molecule has 1 fully saturated rings. The molecule has 0 spiro atoms. The Morgan fingerprint density at radius 1 is 1.35 bits per heavy atom. The maximum Gasteiger partial charge on any atom is 0.224 e. The minimum atomic E-state index is -3.23. The van der Waals surface area contributed by atoms with Gasteiger partial charge in [-0.05, 0) is 44.7 Å². The van der Waals surface area contributed by atoms with E-state index in [0.29, 0.717) is 6.54 Å². The summed E-state index contributed by atoms with van der Waals surface area (Å²) in [4.78, 5) is 12.5. The minimum Gasteiger partial charge on any atom is -0.349 e. The van der Waals surface area contributed by atoms with E-state index in [1.165, 1.54) is 16.1 Å². The van der Waals surface area contributed by atoms with Crippen LogP contribution in [0.1, 0.15) is 42.5 Å². The summed E-state index contributed by atoms with van der Waals surface area (Å²) in [6.45, 7) is 6.84. The van der Waals surface area contributed by atoms with Gasteiger partial charge in [0.25, 0.3) is 0 Å². The zero-order valence-electron chi connectivity index (χ0n) is 14.3. The third kappa shape index (κ3) is 4.54. The van der Waals surface area contributed by atoms with Crippen LogP contribution in [-0.4, -0.2) is 38.0 Å². The van der Waals surface area contributed by atoms with E-state index in [4.69, 9.17) is 0 Å². The van der Waals surface area contributed by atoms with Gasteiger partial charge in [-0.25, -0.2) is 12.7 Å². The van der Waals surface area contributed by atoms with Crippen molar-refractivity contribution in [2.45, 2.75) is 39.7 Å². The Balaban J connectivity index is 2.03. The number of benzene rings is 1. The van der Waals surface area contributed by atoms with Crippen molar-refractivity contribution < 1.29 is 13.2 Å². The van der Waals surface area contributed by atoms with Gasteiger partial charge in [-0.1, -0.05) is 23.8 Å². The van der Waals surface area contributed by atoms with Crippen molar-refractivity contribution in [3.8, 4) is 0 Å². The number of aryl methyl sites for hydroxylation is 2. The highest BCUT2D eigenvalue weighted by Crippen LogP contribution is 2.22. The van der Waals surface area contributed by atoms with Gasteiger partial charge in [0.2, 0.25) is 15.9 Å². The number of sulfonamides is 1. The molecule has 6 heteroatoms. The van der Waals surface area contributed by atoms with Gasteiger partial charge in [0.05, 0.1) is 18.2 Å². The SMILES string of the molecule is Cc1ccc([C@@H](C)NC(=O)[C@@H]2CCCN(S(C)(=O)=O)C2)c(C)c1. The van der Waals surface area contributed by atoms with Crippen LogP contribution >= 0.6 is 0 Å². The minimum absolute atomic E-state index is 0.0641. The molecule has 1 amide bonds. The molecule has 0 saturated carbocycles. The number of amides is 1. The maximum absolute atomic E-state index is 12.5. The molecule has 0 unspecified atom stereocenters. The number of nitrogens with zero attached hydrogens (tertiary/aromatic N) is 1. The predicted octanol–water partition coefficient (Wildman–Crippen LogP) is 2.15. The lowest BCUT2D eigenvalue weighted by molar-refractivity contribution is -0.126. The van der Waals surface area contributed by atoms with Crippen molar-refractivity contribution in [2.24, 2.45) is 5.92 Å². The number of nitrogens with one attached hydrogen (secondary N) is 1. The van der Waals surface area contributed by atoms with Crippen LogP contribution < -0.4 is 5.32 Å². The van der Waals surface area contributed by atoms with E-state index >= 15 is 0 Å². The lowest BCUT2D eigenvalue weighted by atomic mass is 9.96. The summed E-state index contributed by atoms with van der Waals surface area (Å²) in [6, 6.07) is 6.09. The Kier molecular flexibility index (Phi) is 5.47. The van der Waals surface area contributed by atoms with Crippen LogP contribution in [-0.2, 0) is 14.8 Å². The Morgan fingerprint density at radius 2 is 2.04 bits per heavy atom. The molecule has 2 atom stereocenters. The maximum atomic E-state index is 12.5. The second-order valence-electron chi connectivity index (χ2n) is 6.55. The molecule has 1 heterocycles. The van der Waals surface area contributed by atoms with Crippen molar-refractivity contribution in [3.63, 3.8) is 0 Å². The molecule has 1 saturated heterocycles. The molecule has 1 N–H and O–H groups in total. The Labute approximate surface area is 139 Å². The van der Waals surface area contributed by atoms with Gasteiger partial charge in [-0.3, -0.25) is 4.79 Å². The van der Waals surface area contributed by atoms with Gasteiger partial charge in [0.1, 0.15) is 0 Å². The summed E-state index contributed by atoms with van der Waals surface area (Å²) >= 11 is 0. The third-order valence-electron chi connectivity index (χ3n) is 4.47. The van der Waals surface area contributed by atoms with E-state index in [0.717, 1.165) is 24.0 Å². The van der Waals surface area contributed by atoms with Gasteiger partial charge >= 0.3 is 0 Å². The van der Waals surface area contributed by atoms with E-state index < -0.39 is 10.0 Å². The van der Waals surface area contributed by atoms with Gasteiger partial charge in [0.15, 0.2) is 0 Å². The standard InChI is InChI=1S/C17H26N2O3S/c1-12-7-8-16(13(2)10-12)14(3)18-17(20)15-6-5-9-19(11-15)23(4,21)22/h7-8,10,14-15H,5-6,9,11H2,1-4H3,(H,18,20)/t14-,15-/m1/s1. The van der Waals surface area contributed by atoms with Crippen LogP contribution in [0.25, 0.3) is 0 Å². The summed E-state index contributed by atoms with van der Waals surface area (Å²) in [5.74, 6) is -0.336. The Bertz CT molecular complexity index is 685. The van der Waals surface area contributed by atoms with Crippen LogP contribution in [0.15, 0.2) is 18.2 Å². The molecule has 1 aromatic rings. The van der Waals surface area contributed by atoms with E-state index in [2.05, 4.69) is 11.4 Å². The molecule has 1 aliphatic heterocycles. The van der Waals surface area contributed by atoms with Gasteiger partial charge < -0.3 is 5.32 Å². The first-order chi connectivity index (χ1) is 10.7.